The first-order valence-electron chi connectivity index (χ1n) is 9.04. The van der Waals surface area contributed by atoms with E-state index in [4.69, 9.17) is 21.1 Å². The van der Waals surface area contributed by atoms with Gasteiger partial charge in [0.15, 0.2) is 0 Å². The molecule has 1 fully saturated rings. The molecule has 0 aliphatic carbocycles. The molecule has 27 heavy (non-hydrogen) atoms. The van der Waals surface area contributed by atoms with E-state index < -0.39 is 0 Å². The lowest BCUT2D eigenvalue weighted by atomic mass is 10.0. The molecule has 2 aromatic rings. The smallest absolute Gasteiger partial charge is 0.238 e. The van der Waals surface area contributed by atoms with Gasteiger partial charge in [0.2, 0.25) is 5.91 Å². The second kappa shape index (κ2) is 8.63. The number of carbonyl (C=O) groups excluding carboxylic acids is 1. The summed E-state index contributed by atoms with van der Waals surface area (Å²) >= 11 is 5.99. The van der Waals surface area contributed by atoms with Crippen LogP contribution in [0.1, 0.15) is 30.0 Å². The third kappa shape index (κ3) is 4.54. The molecule has 1 heterocycles. The van der Waals surface area contributed by atoms with Crippen molar-refractivity contribution in [1.29, 1.82) is 0 Å². The quantitative estimate of drug-likeness (QED) is 0.794. The standard InChI is InChI=1S/C21H25ClN2O3/c1-14-11-15(22)6-8-18(14)23-21(25)13-24-10-4-5-19(24)17-12-16(26-2)7-9-20(17)27-3/h6-9,11-12,19H,4-5,10,13H2,1-3H3,(H,23,25)/t19-/m0/s1. The molecule has 3 rings (SSSR count). The lowest BCUT2D eigenvalue weighted by Crippen LogP contribution is -2.33. The fraction of sp³-hybridized carbons (Fsp3) is 0.381. The van der Waals surface area contributed by atoms with Crippen LogP contribution < -0.4 is 14.8 Å². The van der Waals surface area contributed by atoms with E-state index in [0.717, 1.165) is 47.7 Å². The van der Waals surface area contributed by atoms with Crippen molar-refractivity contribution in [2.75, 3.05) is 32.6 Å². The summed E-state index contributed by atoms with van der Waals surface area (Å²) in [6.07, 6.45) is 2.02. The largest absolute Gasteiger partial charge is 0.497 e. The number of likely N-dealkylation sites (tertiary alicyclic amines) is 1. The molecule has 1 saturated heterocycles. The van der Waals surface area contributed by atoms with Gasteiger partial charge < -0.3 is 14.8 Å². The molecular formula is C21H25ClN2O3. The lowest BCUT2D eigenvalue weighted by molar-refractivity contribution is -0.117. The van der Waals surface area contributed by atoms with Gasteiger partial charge in [-0.05, 0) is 68.3 Å². The van der Waals surface area contributed by atoms with Crippen LogP contribution in [0.4, 0.5) is 5.69 Å². The number of aryl methyl sites for hydroxylation is 1. The molecular weight excluding hydrogens is 364 g/mol. The Morgan fingerprint density at radius 3 is 2.74 bits per heavy atom. The molecule has 0 spiro atoms. The van der Waals surface area contributed by atoms with E-state index >= 15 is 0 Å². The summed E-state index contributed by atoms with van der Waals surface area (Å²) in [5.41, 5.74) is 2.80. The van der Waals surface area contributed by atoms with Crippen LogP contribution in [0.25, 0.3) is 0 Å². The lowest BCUT2D eigenvalue weighted by Gasteiger charge is -2.26. The van der Waals surface area contributed by atoms with Crippen LogP contribution in [0.2, 0.25) is 5.02 Å². The Balaban J connectivity index is 1.74. The minimum Gasteiger partial charge on any atom is -0.497 e. The monoisotopic (exact) mass is 388 g/mol. The first-order valence-corrected chi connectivity index (χ1v) is 9.41. The Morgan fingerprint density at radius 1 is 1.22 bits per heavy atom. The Morgan fingerprint density at radius 2 is 2.04 bits per heavy atom. The molecule has 0 unspecified atom stereocenters. The number of hydrogen-bond acceptors (Lipinski definition) is 4. The molecule has 1 amide bonds. The van der Waals surface area contributed by atoms with Crippen LogP contribution in [-0.4, -0.2) is 38.1 Å². The number of hydrogen-bond donors (Lipinski definition) is 1. The third-order valence-corrected chi connectivity index (χ3v) is 5.20. The Kier molecular flexibility index (Phi) is 6.24. The highest BCUT2D eigenvalue weighted by Gasteiger charge is 2.30. The van der Waals surface area contributed by atoms with Crippen LogP contribution in [-0.2, 0) is 4.79 Å². The number of halogens is 1. The van der Waals surface area contributed by atoms with Gasteiger partial charge in [0.25, 0.3) is 0 Å². The molecule has 0 saturated carbocycles. The minimum absolute atomic E-state index is 0.0332. The highest BCUT2D eigenvalue weighted by Crippen LogP contribution is 2.38. The number of methoxy groups -OCH3 is 2. The van der Waals surface area contributed by atoms with E-state index in [1.807, 2.05) is 37.3 Å². The highest BCUT2D eigenvalue weighted by molar-refractivity contribution is 6.30. The Labute approximate surface area is 165 Å². The van der Waals surface area contributed by atoms with E-state index in [-0.39, 0.29) is 11.9 Å². The molecule has 1 N–H and O–H groups in total. The second-order valence-electron chi connectivity index (χ2n) is 6.74. The molecule has 1 aliphatic heterocycles. The first-order chi connectivity index (χ1) is 13.0. The summed E-state index contributed by atoms with van der Waals surface area (Å²) < 4.78 is 10.9. The zero-order chi connectivity index (χ0) is 19.4. The van der Waals surface area contributed by atoms with Crippen molar-refractivity contribution < 1.29 is 14.3 Å². The average molecular weight is 389 g/mol. The maximum Gasteiger partial charge on any atom is 0.238 e. The Hall–Kier alpha value is -2.24. The van der Waals surface area contributed by atoms with Crippen LogP contribution in [0.3, 0.4) is 0 Å². The number of amides is 1. The maximum absolute atomic E-state index is 12.6. The molecule has 5 nitrogen and oxygen atoms in total. The molecule has 0 bridgehead atoms. The van der Waals surface area contributed by atoms with E-state index in [2.05, 4.69) is 10.2 Å². The van der Waals surface area contributed by atoms with Crippen molar-refractivity contribution in [3.63, 3.8) is 0 Å². The average Bonchev–Trinajstić information content (AvgIpc) is 3.11. The number of nitrogens with zero attached hydrogens (tertiary/aromatic N) is 1. The SMILES string of the molecule is COc1ccc(OC)c([C@@H]2CCCN2CC(=O)Nc2ccc(Cl)cc2C)c1. The number of benzene rings is 2. The van der Waals surface area contributed by atoms with E-state index in [1.54, 1.807) is 20.3 Å². The van der Waals surface area contributed by atoms with Gasteiger partial charge in [0, 0.05) is 22.3 Å². The van der Waals surface area contributed by atoms with E-state index in [9.17, 15) is 4.79 Å². The normalized spacial score (nSPS) is 17.0. The molecule has 6 heteroatoms. The topological polar surface area (TPSA) is 50.8 Å². The van der Waals surface area contributed by atoms with Crippen LogP contribution in [0, 0.1) is 6.92 Å². The summed E-state index contributed by atoms with van der Waals surface area (Å²) in [6, 6.07) is 11.4. The number of rotatable bonds is 6. The fourth-order valence-corrected chi connectivity index (χ4v) is 3.84. The molecule has 2 aromatic carbocycles. The summed E-state index contributed by atoms with van der Waals surface area (Å²) in [4.78, 5) is 14.8. The van der Waals surface area contributed by atoms with Crippen LogP contribution in [0.15, 0.2) is 36.4 Å². The van der Waals surface area contributed by atoms with Gasteiger partial charge >= 0.3 is 0 Å². The summed E-state index contributed by atoms with van der Waals surface area (Å²) in [5.74, 6) is 1.58. The highest BCUT2D eigenvalue weighted by atomic mass is 35.5. The predicted molar refractivity (Wildman–Crippen MR) is 108 cm³/mol. The number of carbonyl (C=O) groups is 1. The van der Waals surface area contributed by atoms with E-state index in [0.29, 0.717) is 11.6 Å². The van der Waals surface area contributed by atoms with E-state index in [1.165, 1.54) is 0 Å². The van der Waals surface area contributed by atoms with Gasteiger partial charge in [-0.25, -0.2) is 0 Å². The van der Waals surface area contributed by atoms with Gasteiger partial charge in [-0.1, -0.05) is 11.6 Å². The van der Waals surface area contributed by atoms with Gasteiger partial charge in [-0.3, -0.25) is 9.69 Å². The minimum atomic E-state index is -0.0332. The third-order valence-electron chi connectivity index (χ3n) is 4.97. The molecule has 0 aromatic heterocycles. The van der Waals surface area contributed by atoms with Crippen molar-refractivity contribution in [3.8, 4) is 11.5 Å². The second-order valence-corrected chi connectivity index (χ2v) is 7.18. The summed E-state index contributed by atoms with van der Waals surface area (Å²) in [7, 11) is 3.32. The predicted octanol–water partition coefficient (Wildman–Crippen LogP) is 4.44. The van der Waals surface area contributed by atoms with Gasteiger partial charge in [-0.15, -0.1) is 0 Å². The van der Waals surface area contributed by atoms with Crippen molar-refractivity contribution in [2.24, 2.45) is 0 Å². The number of anilines is 1. The van der Waals surface area contributed by atoms with Gasteiger partial charge in [0.05, 0.1) is 20.8 Å². The van der Waals surface area contributed by atoms with Crippen LogP contribution >= 0.6 is 11.6 Å². The van der Waals surface area contributed by atoms with Crippen LogP contribution in [0.5, 0.6) is 11.5 Å². The zero-order valence-electron chi connectivity index (χ0n) is 15.9. The zero-order valence-corrected chi connectivity index (χ0v) is 16.7. The van der Waals surface area contributed by atoms with Crippen molar-refractivity contribution in [3.05, 3.63) is 52.5 Å². The van der Waals surface area contributed by atoms with Gasteiger partial charge in [0.1, 0.15) is 11.5 Å². The molecule has 0 radical (unpaired) electrons. The first kappa shape index (κ1) is 19.5. The molecule has 1 atom stereocenters. The van der Waals surface area contributed by atoms with Gasteiger partial charge in [-0.2, -0.15) is 0 Å². The van der Waals surface area contributed by atoms with Crippen molar-refractivity contribution >= 4 is 23.2 Å². The fourth-order valence-electron chi connectivity index (χ4n) is 3.61. The molecule has 1 aliphatic rings. The summed E-state index contributed by atoms with van der Waals surface area (Å²) in [5, 5.41) is 3.65. The maximum atomic E-state index is 12.6. The van der Waals surface area contributed by atoms with Crippen molar-refractivity contribution in [1.82, 2.24) is 4.90 Å². The summed E-state index contributed by atoms with van der Waals surface area (Å²) in [6.45, 7) is 3.13. The number of ether oxygens (including phenoxy) is 2. The van der Waals surface area contributed by atoms with Crippen molar-refractivity contribution in [2.45, 2.75) is 25.8 Å². The molecule has 144 valence electrons. The Bertz CT molecular complexity index is 825. The number of nitrogens with one attached hydrogen (secondary N) is 1.